The first-order valence-electron chi connectivity index (χ1n) is 12.9. The standard InChI is InChI=1S/C31H36FN3O2/c1-21-15-17-35(18-16-21)28-14-13-26(34-29(36)23-7-9-24(10-8-23)31(2,3)4)19-27(28)30(37)33-20-22-5-11-25(32)12-6-22/h5-14,19,21H,15-18,20H2,1-4H3,(H,33,37)(H,34,36). The average molecular weight is 502 g/mol. The molecule has 0 aliphatic carbocycles. The highest BCUT2D eigenvalue weighted by atomic mass is 19.1. The number of nitrogens with one attached hydrogen (secondary N) is 2. The maximum Gasteiger partial charge on any atom is 0.255 e. The van der Waals surface area contributed by atoms with Crippen molar-refractivity contribution in [1.82, 2.24) is 5.32 Å². The zero-order chi connectivity index (χ0) is 26.6. The summed E-state index contributed by atoms with van der Waals surface area (Å²) in [5.41, 5.74) is 4.47. The van der Waals surface area contributed by atoms with Gasteiger partial charge in [0.1, 0.15) is 5.82 Å². The van der Waals surface area contributed by atoms with E-state index in [0.29, 0.717) is 22.7 Å². The van der Waals surface area contributed by atoms with E-state index < -0.39 is 0 Å². The SMILES string of the molecule is CC1CCN(c2ccc(NC(=O)c3ccc(C(C)(C)C)cc3)cc2C(=O)NCc2ccc(F)cc2)CC1. The van der Waals surface area contributed by atoms with E-state index in [1.807, 2.05) is 36.4 Å². The van der Waals surface area contributed by atoms with Gasteiger partial charge in [0.2, 0.25) is 0 Å². The predicted molar refractivity (Wildman–Crippen MR) is 148 cm³/mol. The molecule has 0 radical (unpaired) electrons. The van der Waals surface area contributed by atoms with Gasteiger partial charge in [0, 0.05) is 36.6 Å². The molecule has 0 spiro atoms. The molecule has 1 fully saturated rings. The van der Waals surface area contributed by atoms with E-state index >= 15 is 0 Å². The first kappa shape index (κ1) is 26.4. The molecular formula is C31H36FN3O2. The van der Waals surface area contributed by atoms with Crippen molar-refractivity contribution in [2.45, 2.75) is 52.5 Å². The fourth-order valence-corrected chi connectivity index (χ4v) is 4.53. The number of hydrogen-bond acceptors (Lipinski definition) is 3. The van der Waals surface area contributed by atoms with Crippen LogP contribution in [0, 0.1) is 11.7 Å². The van der Waals surface area contributed by atoms with E-state index in [9.17, 15) is 14.0 Å². The minimum absolute atomic E-state index is 0.00720. The number of carbonyl (C=O) groups is 2. The van der Waals surface area contributed by atoms with Crippen LogP contribution in [0.3, 0.4) is 0 Å². The fraction of sp³-hybridized carbons (Fsp3) is 0.355. The number of piperidine rings is 1. The summed E-state index contributed by atoms with van der Waals surface area (Å²) in [7, 11) is 0. The molecule has 1 aliphatic heterocycles. The zero-order valence-corrected chi connectivity index (χ0v) is 22.1. The molecule has 4 rings (SSSR count). The molecule has 0 saturated carbocycles. The lowest BCUT2D eigenvalue weighted by Crippen LogP contribution is -2.35. The van der Waals surface area contributed by atoms with Gasteiger partial charge in [0.05, 0.1) is 5.56 Å². The van der Waals surface area contributed by atoms with Crippen molar-refractivity contribution in [3.8, 4) is 0 Å². The van der Waals surface area contributed by atoms with Crippen LogP contribution >= 0.6 is 0 Å². The van der Waals surface area contributed by atoms with Crippen LogP contribution < -0.4 is 15.5 Å². The van der Waals surface area contributed by atoms with Gasteiger partial charge in [-0.3, -0.25) is 9.59 Å². The molecule has 194 valence electrons. The normalized spacial score (nSPS) is 14.4. The summed E-state index contributed by atoms with van der Waals surface area (Å²) in [5, 5.41) is 5.90. The van der Waals surface area contributed by atoms with Crippen LogP contribution in [0.2, 0.25) is 0 Å². The monoisotopic (exact) mass is 501 g/mol. The van der Waals surface area contributed by atoms with Gasteiger partial charge in [-0.2, -0.15) is 0 Å². The lowest BCUT2D eigenvalue weighted by molar-refractivity contribution is 0.0950. The summed E-state index contributed by atoms with van der Waals surface area (Å²) in [6.45, 7) is 10.7. The van der Waals surface area contributed by atoms with E-state index in [1.165, 1.54) is 12.1 Å². The first-order chi connectivity index (χ1) is 17.6. The second-order valence-electron chi connectivity index (χ2n) is 11.0. The number of nitrogens with zero attached hydrogens (tertiary/aromatic N) is 1. The average Bonchev–Trinajstić information content (AvgIpc) is 2.88. The Morgan fingerprint density at radius 2 is 1.57 bits per heavy atom. The van der Waals surface area contributed by atoms with Gasteiger partial charge < -0.3 is 15.5 Å². The van der Waals surface area contributed by atoms with E-state index in [1.54, 1.807) is 18.2 Å². The van der Waals surface area contributed by atoms with Gasteiger partial charge in [-0.15, -0.1) is 0 Å². The van der Waals surface area contributed by atoms with Crippen molar-refractivity contribution in [1.29, 1.82) is 0 Å². The number of halogens is 1. The van der Waals surface area contributed by atoms with E-state index in [-0.39, 0.29) is 29.6 Å². The summed E-state index contributed by atoms with van der Waals surface area (Å²) in [6, 6.07) is 19.2. The molecule has 0 unspecified atom stereocenters. The van der Waals surface area contributed by atoms with Gasteiger partial charge in [0.15, 0.2) is 0 Å². The summed E-state index contributed by atoms with van der Waals surface area (Å²) < 4.78 is 13.3. The maximum atomic E-state index is 13.3. The lowest BCUT2D eigenvalue weighted by Gasteiger charge is -2.33. The zero-order valence-electron chi connectivity index (χ0n) is 22.1. The molecule has 3 aromatic rings. The Labute approximate surface area is 219 Å². The van der Waals surface area contributed by atoms with Crippen LogP contribution in [0.1, 0.15) is 72.4 Å². The minimum Gasteiger partial charge on any atom is -0.371 e. The van der Waals surface area contributed by atoms with E-state index in [4.69, 9.17) is 0 Å². The molecule has 1 saturated heterocycles. The van der Waals surface area contributed by atoms with Crippen LogP contribution in [0.4, 0.5) is 15.8 Å². The molecule has 3 aromatic carbocycles. The summed E-state index contributed by atoms with van der Waals surface area (Å²) >= 11 is 0. The van der Waals surface area contributed by atoms with Crippen molar-refractivity contribution >= 4 is 23.2 Å². The molecule has 37 heavy (non-hydrogen) atoms. The van der Waals surface area contributed by atoms with Crippen molar-refractivity contribution in [3.05, 3.63) is 94.8 Å². The number of amides is 2. The molecule has 1 heterocycles. The Hall–Kier alpha value is -3.67. The molecule has 2 N–H and O–H groups in total. The molecule has 0 atom stereocenters. The molecule has 2 amide bonds. The third-order valence-electron chi connectivity index (χ3n) is 7.00. The van der Waals surface area contributed by atoms with Gasteiger partial charge in [-0.25, -0.2) is 4.39 Å². The third kappa shape index (κ3) is 6.76. The highest BCUT2D eigenvalue weighted by Crippen LogP contribution is 2.29. The molecule has 0 bridgehead atoms. The second kappa shape index (κ2) is 11.2. The third-order valence-corrected chi connectivity index (χ3v) is 7.00. The number of rotatable bonds is 6. The Balaban J connectivity index is 1.54. The summed E-state index contributed by atoms with van der Waals surface area (Å²) in [5.74, 6) is -0.107. The van der Waals surface area contributed by atoms with Gasteiger partial charge in [0.25, 0.3) is 11.8 Å². The number of anilines is 2. The Kier molecular flexibility index (Phi) is 7.96. The smallest absolute Gasteiger partial charge is 0.255 e. The van der Waals surface area contributed by atoms with Gasteiger partial charge >= 0.3 is 0 Å². The van der Waals surface area contributed by atoms with Gasteiger partial charge in [-0.1, -0.05) is 52.0 Å². The highest BCUT2D eigenvalue weighted by Gasteiger charge is 2.22. The van der Waals surface area contributed by atoms with Crippen LogP contribution in [-0.4, -0.2) is 24.9 Å². The first-order valence-corrected chi connectivity index (χ1v) is 12.9. The number of carbonyl (C=O) groups excluding carboxylic acids is 2. The lowest BCUT2D eigenvalue weighted by atomic mass is 9.87. The Morgan fingerprint density at radius 3 is 2.19 bits per heavy atom. The van der Waals surface area contributed by atoms with Crippen LogP contribution in [0.25, 0.3) is 0 Å². The summed E-state index contributed by atoms with van der Waals surface area (Å²) in [6.07, 6.45) is 2.14. The van der Waals surface area contributed by atoms with Crippen LogP contribution in [-0.2, 0) is 12.0 Å². The fourth-order valence-electron chi connectivity index (χ4n) is 4.53. The molecule has 0 aromatic heterocycles. The van der Waals surface area contributed by atoms with Gasteiger partial charge in [-0.05, 0) is 77.8 Å². The van der Waals surface area contributed by atoms with Crippen molar-refractivity contribution in [2.24, 2.45) is 5.92 Å². The molecule has 5 nitrogen and oxygen atoms in total. The Morgan fingerprint density at radius 1 is 0.919 bits per heavy atom. The molecule has 6 heteroatoms. The quantitative estimate of drug-likeness (QED) is 0.403. The molecular weight excluding hydrogens is 465 g/mol. The number of hydrogen-bond donors (Lipinski definition) is 2. The highest BCUT2D eigenvalue weighted by molar-refractivity contribution is 6.06. The van der Waals surface area contributed by atoms with E-state index in [2.05, 4.69) is 43.2 Å². The molecule has 1 aliphatic rings. The number of benzene rings is 3. The van der Waals surface area contributed by atoms with E-state index in [0.717, 1.165) is 42.7 Å². The minimum atomic E-state index is -0.312. The van der Waals surface area contributed by atoms with Crippen molar-refractivity contribution in [2.75, 3.05) is 23.3 Å². The van der Waals surface area contributed by atoms with Crippen molar-refractivity contribution < 1.29 is 14.0 Å². The topological polar surface area (TPSA) is 61.4 Å². The second-order valence-corrected chi connectivity index (χ2v) is 11.0. The largest absolute Gasteiger partial charge is 0.371 e. The maximum absolute atomic E-state index is 13.3. The Bertz CT molecular complexity index is 1240. The van der Waals surface area contributed by atoms with Crippen LogP contribution in [0.15, 0.2) is 66.7 Å². The van der Waals surface area contributed by atoms with Crippen molar-refractivity contribution in [3.63, 3.8) is 0 Å². The predicted octanol–water partition coefficient (Wildman–Crippen LogP) is 6.54. The summed E-state index contributed by atoms with van der Waals surface area (Å²) in [4.78, 5) is 28.5. The van der Waals surface area contributed by atoms with Crippen LogP contribution in [0.5, 0.6) is 0 Å².